The summed E-state index contributed by atoms with van der Waals surface area (Å²) >= 11 is 18.7. The molecule has 2 aromatic carbocycles. The van der Waals surface area contributed by atoms with Crippen molar-refractivity contribution < 1.29 is 0 Å². The summed E-state index contributed by atoms with van der Waals surface area (Å²) in [5.41, 5.74) is 7.20. The smallest absolute Gasteiger partial charge is 0.349 e. The van der Waals surface area contributed by atoms with Gasteiger partial charge in [0.25, 0.3) is 5.56 Å². The van der Waals surface area contributed by atoms with E-state index in [2.05, 4.69) is 10.1 Å². The standard InChI is InChI=1S/C19H14Cl2N4O2S/c20-13-7-11(25-18(27)24-15(26)9-23-25)8-14(21)16(13)19(17(22)28)6-5-10-3-1-2-4-12(10)19/h1-4,7-9H,5-6H2,(H2,22,28)(H,24,26,27). The van der Waals surface area contributed by atoms with Gasteiger partial charge in [-0.15, -0.1) is 0 Å². The van der Waals surface area contributed by atoms with Crippen molar-refractivity contribution in [2.24, 2.45) is 5.73 Å². The molecule has 0 fully saturated rings. The van der Waals surface area contributed by atoms with Crippen LogP contribution >= 0.6 is 35.4 Å². The minimum Gasteiger partial charge on any atom is -0.392 e. The maximum Gasteiger partial charge on any atom is 0.349 e. The Kier molecular flexibility index (Phi) is 4.61. The number of fused-ring (bicyclic) bond motifs is 1. The third-order valence-electron chi connectivity index (χ3n) is 5.08. The fourth-order valence-corrected chi connectivity index (χ4v) is 4.99. The number of nitrogens with two attached hydrogens (primary N) is 1. The molecule has 0 radical (unpaired) electrons. The quantitative estimate of drug-likeness (QED) is 0.620. The lowest BCUT2D eigenvalue weighted by molar-refractivity contribution is 0.676. The molecule has 3 N–H and O–H groups in total. The minimum absolute atomic E-state index is 0.285. The van der Waals surface area contributed by atoms with Gasteiger partial charge in [-0.05, 0) is 36.1 Å². The monoisotopic (exact) mass is 432 g/mol. The summed E-state index contributed by atoms with van der Waals surface area (Å²) in [6.45, 7) is 0. The largest absolute Gasteiger partial charge is 0.392 e. The molecule has 28 heavy (non-hydrogen) atoms. The second kappa shape index (κ2) is 6.84. The Morgan fingerprint density at radius 3 is 2.54 bits per heavy atom. The van der Waals surface area contributed by atoms with Crippen molar-refractivity contribution in [1.82, 2.24) is 14.8 Å². The first kappa shape index (κ1) is 18.9. The molecule has 1 aromatic heterocycles. The summed E-state index contributed by atoms with van der Waals surface area (Å²) in [7, 11) is 0. The number of nitrogens with zero attached hydrogens (tertiary/aromatic N) is 2. The Hall–Kier alpha value is -2.48. The highest BCUT2D eigenvalue weighted by molar-refractivity contribution is 7.80. The van der Waals surface area contributed by atoms with Crippen molar-refractivity contribution in [3.63, 3.8) is 0 Å². The van der Waals surface area contributed by atoms with Gasteiger partial charge in [0.15, 0.2) is 0 Å². The topological polar surface area (TPSA) is 93.8 Å². The Morgan fingerprint density at radius 1 is 1.21 bits per heavy atom. The predicted octanol–water partition coefficient (Wildman–Crippen LogP) is 2.75. The van der Waals surface area contributed by atoms with Crippen LogP contribution in [0.4, 0.5) is 0 Å². The van der Waals surface area contributed by atoms with Crippen LogP contribution in [0.3, 0.4) is 0 Å². The Bertz CT molecular complexity index is 1210. The number of hydrogen-bond donors (Lipinski definition) is 2. The number of aromatic amines is 1. The molecule has 0 aliphatic heterocycles. The molecule has 6 nitrogen and oxygen atoms in total. The number of nitrogens with one attached hydrogen (secondary N) is 1. The minimum atomic E-state index is -0.790. The van der Waals surface area contributed by atoms with Crippen LogP contribution in [-0.2, 0) is 11.8 Å². The van der Waals surface area contributed by atoms with Crippen molar-refractivity contribution >= 4 is 40.4 Å². The zero-order valence-corrected chi connectivity index (χ0v) is 16.7. The zero-order valence-electron chi connectivity index (χ0n) is 14.4. The number of benzene rings is 2. The number of aromatic nitrogens is 3. The normalized spacial score (nSPS) is 18.1. The summed E-state index contributed by atoms with van der Waals surface area (Å²) in [5.74, 6) is 0. The Balaban J connectivity index is 1.95. The molecule has 0 saturated heterocycles. The zero-order chi connectivity index (χ0) is 20.1. The number of hydrogen-bond acceptors (Lipinski definition) is 4. The number of halogens is 2. The van der Waals surface area contributed by atoms with E-state index in [0.29, 0.717) is 27.7 Å². The molecule has 1 heterocycles. The van der Waals surface area contributed by atoms with E-state index in [1.807, 2.05) is 24.3 Å². The van der Waals surface area contributed by atoms with Gasteiger partial charge in [-0.2, -0.15) is 9.78 Å². The fraction of sp³-hybridized carbons (Fsp3) is 0.158. The van der Waals surface area contributed by atoms with Crippen LogP contribution in [-0.4, -0.2) is 19.8 Å². The summed E-state index contributed by atoms with van der Waals surface area (Å²) in [5, 5.41) is 4.46. The molecule has 0 spiro atoms. The van der Waals surface area contributed by atoms with Crippen LogP contribution in [0.25, 0.3) is 5.69 Å². The molecule has 0 bridgehead atoms. The fourth-order valence-electron chi connectivity index (χ4n) is 3.88. The van der Waals surface area contributed by atoms with Gasteiger partial charge in [0.05, 0.1) is 16.1 Å². The first-order valence-electron chi connectivity index (χ1n) is 8.41. The van der Waals surface area contributed by atoms with E-state index in [0.717, 1.165) is 28.4 Å². The summed E-state index contributed by atoms with van der Waals surface area (Å²) < 4.78 is 1.01. The molecular weight excluding hydrogens is 419 g/mol. The van der Waals surface area contributed by atoms with E-state index < -0.39 is 16.7 Å². The molecule has 4 rings (SSSR count). The van der Waals surface area contributed by atoms with Gasteiger partial charge in [-0.25, -0.2) is 4.79 Å². The lowest BCUT2D eigenvalue weighted by Gasteiger charge is -2.32. The molecule has 0 saturated carbocycles. The maximum absolute atomic E-state index is 12.1. The summed E-state index contributed by atoms with van der Waals surface area (Å²) in [6.07, 6.45) is 2.45. The summed E-state index contributed by atoms with van der Waals surface area (Å²) in [4.78, 5) is 25.7. The van der Waals surface area contributed by atoms with Gasteiger partial charge in [-0.1, -0.05) is 59.7 Å². The van der Waals surface area contributed by atoms with Crippen molar-refractivity contribution in [2.75, 3.05) is 0 Å². The van der Waals surface area contributed by atoms with Gasteiger partial charge >= 0.3 is 5.69 Å². The first-order chi connectivity index (χ1) is 13.3. The van der Waals surface area contributed by atoms with E-state index >= 15 is 0 Å². The molecule has 1 aliphatic carbocycles. The number of rotatable bonds is 3. The van der Waals surface area contributed by atoms with Crippen LogP contribution in [0.15, 0.2) is 52.2 Å². The molecule has 1 atom stereocenters. The molecule has 3 aromatic rings. The van der Waals surface area contributed by atoms with Gasteiger partial charge in [0.1, 0.15) is 6.20 Å². The number of aryl methyl sites for hydroxylation is 1. The van der Waals surface area contributed by atoms with E-state index in [-0.39, 0.29) is 4.99 Å². The highest BCUT2D eigenvalue weighted by atomic mass is 35.5. The average molecular weight is 433 g/mol. The third kappa shape index (κ3) is 2.78. The van der Waals surface area contributed by atoms with Gasteiger partial charge in [0, 0.05) is 15.6 Å². The summed E-state index contributed by atoms with van der Waals surface area (Å²) in [6, 6.07) is 11.0. The van der Waals surface area contributed by atoms with Crippen LogP contribution in [0.2, 0.25) is 10.0 Å². The second-order valence-corrected chi connectivity index (χ2v) is 7.82. The lowest BCUT2D eigenvalue weighted by atomic mass is 9.75. The average Bonchev–Trinajstić information content (AvgIpc) is 3.02. The second-order valence-electron chi connectivity index (χ2n) is 6.56. The molecule has 1 unspecified atom stereocenters. The van der Waals surface area contributed by atoms with Crippen LogP contribution in [0.5, 0.6) is 0 Å². The van der Waals surface area contributed by atoms with Crippen molar-refractivity contribution in [3.05, 3.63) is 90.2 Å². The van der Waals surface area contributed by atoms with E-state index in [1.54, 1.807) is 12.1 Å². The van der Waals surface area contributed by atoms with Gasteiger partial charge < -0.3 is 5.73 Å². The molecule has 142 valence electrons. The third-order valence-corrected chi connectivity index (χ3v) is 6.02. The van der Waals surface area contributed by atoms with Crippen molar-refractivity contribution in [1.29, 1.82) is 0 Å². The van der Waals surface area contributed by atoms with Crippen LogP contribution in [0.1, 0.15) is 23.1 Å². The maximum atomic E-state index is 12.1. The predicted molar refractivity (Wildman–Crippen MR) is 113 cm³/mol. The molecular formula is C19H14Cl2N4O2S. The van der Waals surface area contributed by atoms with E-state index in [9.17, 15) is 9.59 Å². The Labute approximate surface area is 174 Å². The highest BCUT2D eigenvalue weighted by Crippen LogP contribution is 2.49. The highest BCUT2D eigenvalue weighted by Gasteiger charge is 2.45. The molecule has 9 heteroatoms. The number of thiocarbonyl (C=S) groups is 1. The lowest BCUT2D eigenvalue weighted by Crippen LogP contribution is -2.39. The molecule has 0 amide bonds. The molecule has 1 aliphatic rings. The van der Waals surface area contributed by atoms with Crippen LogP contribution < -0.4 is 17.0 Å². The number of H-pyrrole nitrogens is 1. The Morgan fingerprint density at radius 2 is 1.89 bits per heavy atom. The van der Waals surface area contributed by atoms with Gasteiger partial charge in [-0.3, -0.25) is 9.78 Å². The first-order valence-corrected chi connectivity index (χ1v) is 9.58. The van der Waals surface area contributed by atoms with Gasteiger partial charge in [0.2, 0.25) is 0 Å². The van der Waals surface area contributed by atoms with Crippen molar-refractivity contribution in [3.8, 4) is 5.69 Å². The SMILES string of the molecule is NC(=S)C1(c2c(Cl)cc(-n3ncc(=O)[nH]c3=O)cc2Cl)CCc2ccccc21. The van der Waals surface area contributed by atoms with Crippen LogP contribution in [0, 0.1) is 0 Å². The van der Waals surface area contributed by atoms with E-state index in [4.69, 9.17) is 41.2 Å². The van der Waals surface area contributed by atoms with Crippen molar-refractivity contribution in [2.45, 2.75) is 18.3 Å². The van der Waals surface area contributed by atoms with E-state index in [1.165, 1.54) is 0 Å².